The molecule has 0 aromatic rings. The molecule has 0 aromatic carbocycles. The van der Waals surface area contributed by atoms with E-state index in [1.165, 1.54) is 12.8 Å². The van der Waals surface area contributed by atoms with Crippen molar-refractivity contribution in [3.63, 3.8) is 0 Å². The second-order valence-electron chi connectivity index (χ2n) is 4.83. The predicted octanol–water partition coefficient (Wildman–Crippen LogP) is 0.454. The van der Waals surface area contributed by atoms with Crippen molar-refractivity contribution in [1.29, 1.82) is 0 Å². The molecule has 2 rings (SSSR count). The quantitative estimate of drug-likeness (QED) is 0.542. The predicted molar refractivity (Wildman–Crippen MR) is 67.7 cm³/mol. The lowest BCUT2D eigenvalue weighted by molar-refractivity contribution is -0.127. The van der Waals surface area contributed by atoms with Crippen LogP contribution in [-0.4, -0.2) is 41.9 Å². The van der Waals surface area contributed by atoms with Crippen molar-refractivity contribution in [2.24, 2.45) is 10.7 Å². The number of carbonyl (C=O) groups excluding carboxylic acids is 1. The largest absolute Gasteiger partial charge is 0.370 e. The number of nitrogens with one attached hydrogen (secondary N) is 1. The Bertz CT molecular complexity index is 310. The van der Waals surface area contributed by atoms with E-state index in [4.69, 9.17) is 5.73 Å². The average molecular weight is 238 g/mol. The Morgan fingerprint density at radius 2 is 2.24 bits per heavy atom. The fourth-order valence-corrected chi connectivity index (χ4v) is 2.69. The summed E-state index contributed by atoms with van der Waals surface area (Å²) in [6.07, 6.45) is 5.54. The van der Waals surface area contributed by atoms with Gasteiger partial charge in [0.1, 0.15) is 6.04 Å². The number of amides is 1. The number of nitrogens with zero attached hydrogens (tertiary/aromatic N) is 2. The van der Waals surface area contributed by atoms with Gasteiger partial charge in [0.15, 0.2) is 5.96 Å². The molecule has 1 aliphatic heterocycles. The van der Waals surface area contributed by atoms with Crippen molar-refractivity contribution in [2.45, 2.75) is 51.1 Å². The van der Waals surface area contributed by atoms with E-state index in [0.717, 1.165) is 25.8 Å². The van der Waals surface area contributed by atoms with Crippen molar-refractivity contribution in [1.82, 2.24) is 10.2 Å². The standard InChI is InChI=1S/C12H22N4O/c1-2-10-11(17)14-7-8-16(10)12(13)15-9-5-3-4-6-9/h9-10H,2-8H2,1H3,(H2,13,15)(H,14,17). The third-order valence-corrected chi connectivity index (χ3v) is 3.65. The van der Waals surface area contributed by atoms with Crippen LogP contribution in [0.1, 0.15) is 39.0 Å². The van der Waals surface area contributed by atoms with Crippen molar-refractivity contribution >= 4 is 11.9 Å². The van der Waals surface area contributed by atoms with E-state index in [0.29, 0.717) is 18.5 Å². The van der Waals surface area contributed by atoms with Crippen molar-refractivity contribution in [2.75, 3.05) is 13.1 Å². The Kier molecular flexibility index (Phi) is 3.86. The van der Waals surface area contributed by atoms with Gasteiger partial charge in [-0.15, -0.1) is 0 Å². The van der Waals surface area contributed by atoms with Crippen LogP contribution in [0.5, 0.6) is 0 Å². The lowest BCUT2D eigenvalue weighted by atomic mass is 10.1. The summed E-state index contributed by atoms with van der Waals surface area (Å²) in [6.45, 7) is 3.44. The molecule has 0 aromatic heterocycles. The Labute approximate surface area is 102 Å². The second kappa shape index (κ2) is 5.38. The minimum atomic E-state index is -0.145. The van der Waals surface area contributed by atoms with Gasteiger partial charge in [-0.25, -0.2) is 4.99 Å². The molecule has 1 atom stereocenters. The van der Waals surface area contributed by atoms with Gasteiger partial charge in [-0.05, 0) is 19.3 Å². The Hall–Kier alpha value is -1.26. The molecule has 5 heteroatoms. The first-order valence-electron chi connectivity index (χ1n) is 6.60. The molecule has 1 amide bonds. The van der Waals surface area contributed by atoms with Gasteiger partial charge in [-0.2, -0.15) is 0 Å². The molecule has 2 aliphatic rings. The van der Waals surface area contributed by atoms with Crippen LogP contribution >= 0.6 is 0 Å². The summed E-state index contributed by atoms with van der Waals surface area (Å²) < 4.78 is 0. The van der Waals surface area contributed by atoms with Crippen molar-refractivity contribution < 1.29 is 4.79 Å². The van der Waals surface area contributed by atoms with Gasteiger partial charge in [0.05, 0.1) is 6.04 Å². The molecular weight excluding hydrogens is 216 g/mol. The smallest absolute Gasteiger partial charge is 0.242 e. The van der Waals surface area contributed by atoms with E-state index in [2.05, 4.69) is 10.3 Å². The highest BCUT2D eigenvalue weighted by Gasteiger charge is 2.29. The normalized spacial score (nSPS) is 27.4. The topological polar surface area (TPSA) is 70.7 Å². The summed E-state index contributed by atoms with van der Waals surface area (Å²) in [5.41, 5.74) is 6.05. The van der Waals surface area contributed by atoms with Crippen LogP contribution in [0.25, 0.3) is 0 Å². The zero-order chi connectivity index (χ0) is 12.3. The van der Waals surface area contributed by atoms with Gasteiger partial charge in [-0.1, -0.05) is 19.8 Å². The molecule has 1 aliphatic carbocycles. The number of nitrogens with two attached hydrogens (primary N) is 1. The molecule has 0 spiro atoms. The highest BCUT2D eigenvalue weighted by Crippen LogP contribution is 2.21. The fraction of sp³-hybridized carbons (Fsp3) is 0.833. The van der Waals surface area contributed by atoms with Crippen LogP contribution in [0.3, 0.4) is 0 Å². The Morgan fingerprint density at radius 1 is 1.53 bits per heavy atom. The summed E-state index contributed by atoms with van der Waals surface area (Å²) >= 11 is 0. The van der Waals surface area contributed by atoms with E-state index in [1.54, 1.807) is 0 Å². The minimum Gasteiger partial charge on any atom is -0.370 e. The maximum Gasteiger partial charge on any atom is 0.242 e. The van der Waals surface area contributed by atoms with Crippen LogP contribution in [0.4, 0.5) is 0 Å². The van der Waals surface area contributed by atoms with Gasteiger partial charge in [-0.3, -0.25) is 4.79 Å². The van der Waals surface area contributed by atoms with E-state index >= 15 is 0 Å². The van der Waals surface area contributed by atoms with E-state index < -0.39 is 0 Å². The van der Waals surface area contributed by atoms with Gasteiger partial charge in [0.25, 0.3) is 0 Å². The van der Waals surface area contributed by atoms with Crippen LogP contribution in [0.2, 0.25) is 0 Å². The number of rotatable bonds is 2. The van der Waals surface area contributed by atoms with E-state index in [9.17, 15) is 4.79 Å². The summed E-state index contributed by atoms with van der Waals surface area (Å²) in [6, 6.07) is 0.228. The molecule has 2 fully saturated rings. The first-order chi connectivity index (χ1) is 8.22. The number of hydrogen-bond donors (Lipinski definition) is 2. The molecule has 96 valence electrons. The summed E-state index contributed by atoms with van der Waals surface area (Å²) in [5.74, 6) is 0.627. The molecule has 1 saturated heterocycles. The second-order valence-corrected chi connectivity index (χ2v) is 4.83. The maximum absolute atomic E-state index is 11.7. The third kappa shape index (κ3) is 2.70. The number of aliphatic imine (C=N–C) groups is 1. The zero-order valence-corrected chi connectivity index (χ0v) is 10.5. The molecule has 5 nitrogen and oxygen atoms in total. The molecule has 1 heterocycles. The number of guanidine groups is 1. The third-order valence-electron chi connectivity index (χ3n) is 3.65. The number of piperazine rings is 1. The lowest BCUT2D eigenvalue weighted by Crippen LogP contribution is -2.58. The van der Waals surface area contributed by atoms with Crippen LogP contribution in [0, 0.1) is 0 Å². The van der Waals surface area contributed by atoms with E-state index in [-0.39, 0.29) is 11.9 Å². The summed E-state index contributed by atoms with van der Waals surface area (Å²) in [7, 11) is 0. The minimum absolute atomic E-state index is 0.0725. The van der Waals surface area contributed by atoms with Gasteiger partial charge >= 0.3 is 0 Å². The van der Waals surface area contributed by atoms with Gasteiger partial charge < -0.3 is 16.0 Å². The first kappa shape index (κ1) is 12.2. The average Bonchev–Trinajstić information content (AvgIpc) is 2.81. The van der Waals surface area contributed by atoms with Crippen molar-refractivity contribution in [3.8, 4) is 0 Å². The lowest BCUT2D eigenvalue weighted by Gasteiger charge is -2.35. The SMILES string of the molecule is CCC1C(=O)NCCN1C(N)=NC1CCCC1. The van der Waals surface area contributed by atoms with E-state index in [1.807, 2.05) is 11.8 Å². The molecule has 0 radical (unpaired) electrons. The monoisotopic (exact) mass is 238 g/mol. The molecule has 1 unspecified atom stereocenters. The van der Waals surface area contributed by atoms with Crippen LogP contribution in [-0.2, 0) is 4.79 Å². The maximum atomic E-state index is 11.7. The fourth-order valence-electron chi connectivity index (χ4n) is 2.69. The summed E-state index contributed by atoms with van der Waals surface area (Å²) in [4.78, 5) is 18.2. The van der Waals surface area contributed by atoms with Gasteiger partial charge in [0, 0.05) is 13.1 Å². The van der Waals surface area contributed by atoms with Crippen LogP contribution in [0.15, 0.2) is 4.99 Å². The summed E-state index contributed by atoms with van der Waals surface area (Å²) in [5, 5.41) is 2.87. The first-order valence-corrected chi connectivity index (χ1v) is 6.60. The molecule has 17 heavy (non-hydrogen) atoms. The molecule has 0 bridgehead atoms. The molecular formula is C12H22N4O. The molecule has 1 saturated carbocycles. The Balaban J connectivity index is 2.05. The Morgan fingerprint density at radius 3 is 2.88 bits per heavy atom. The number of hydrogen-bond acceptors (Lipinski definition) is 2. The highest BCUT2D eigenvalue weighted by atomic mass is 16.2. The molecule has 3 N–H and O–H groups in total. The number of carbonyl (C=O) groups is 1. The highest BCUT2D eigenvalue weighted by molar-refractivity contribution is 5.89. The van der Waals surface area contributed by atoms with Crippen molar-refractivity contribution in [3.05, 3.63) is 0 Å². The van der Waals surface area contributed by atoms with Gasteiger partial charge in [0.2, 0.25) is 5.91 Å². The zero-order valence-electron chi connectivity index (χ0n) is 10.5. The van der Waals surface area contributed by atoms with Crippen LogP contribution < -0.4 is 11.1 Å².